The topological polar surface area (TPSA) is 68.1 Å². The minimum atomic E-state index is -0.448. The first kappa shape index (κ1) is 11.3. The third kappa shape index (κ3) is 2.30. The molecule has 2 aromatic rings. The number of H-pyrrole nitrogens is 1. The van der Waals surface area contributed by atoms with E-state index >= 15 is 0 Å². The largest absolute Gasteiger partial charge is 0.497 e. The van der Waals surface area contributed by atoms with Crippen LogP contribution in [0, 0.1) is 0 Å². The monoisotopic (exact) mass is 230 g/mol. The molecule has 0 saturated carbocycles. The number of ether oxygens (including phenoxy) is 1. The van der Waals surface area contributed by atoms with Crippen molar-refractivity contribution in [3.05, 3.63) is 53.9 Å². The number of carbonyl (C=O) groups is 1. The predicted octanol–water partition coefficient (Wildman–Crippen LogP) is 1.64. The predicted molar refractivity (Wildman–Crippen MR) is 64.8 cm³/mol. The molecular formula is C13H14N2O2. The fraction of sp³-hybridized carbons (Fsp3) is 0.154. The van der Waals surface area contributed by atoms with E-state index in [1.807, 2.05) is 36.4 Å². The zero-order chi connectivity index (χ0) is 12.3. The lowest BCUT2D eigenvalue weighted by Gasteiger charge is -2.12. The molecule has 0 aliphatic heterocycles. The zero-order valence-corrected chi connectivity index (χ0v) is 9.51. The fourth-order valence-corrected chi connectivity index (χ4v) is 1.82. The molecule has 88 valence electrons. The molecule has 1 aromatic carbocycles. The number of carbonyl (C=O) groups excluding carboxylic acids is 1. The Morgan fingerprint density at radius 1 is 1.29 bits per heavy atom. The van der Waals surface area contributed by atoms with Crippen LogP contribution in [0.1, 0.15) is 17.2 Å². The van der Waals surface area contributed by atoms with E-state index in [0.717, 1.165) is 17.0 Å². The van der Waals surface area contributed by atoms with Gasteiger partial charge in [-0.05, 0) is 29.8 Å². The van der Waals surface area contributed by atoms with Crippen molar-refractivity contribution in [3.8, 4) is 5.75 Å². The van der Waals surface area contributed by atoms with Gasteiger partial charge < -0.3 is 15.5 Å². The normalized spacial score (nSPS) is 12.1. The molecular weight excluding hydrogens is 216 g/mol. The number of methoxy groups -OCH3 is 1. The second-order valence-electron chi connectivity index (χ2n) is 3.73. The lowest BCUT2D eigenvalue weighted by molar-refractivity contribution is -0.118. The molecule has 1 amide bonds. The van der Waals surface area contributed by atoms with Crippen LogP contribution in [0.3, 0.4) is 0 Å². The van der Waals surface area contributed by atoms with E-state index in [0.29, 0.717) is 0 Å². The number of rotatable bonds is 4. The standard InChI is InChI=1S/C13H14N2O2/c1-17-10-6-4-9(5-7-10)12(13(14)16)11-3-2-8-15-11/h2-8,12,15H,1H3,(H2,14,16). The lowest BCUT2D eigenvalue weighted by Crippen LogP contribution is -2.22. The van der Waals surface area contributed by atoms with Crippen molar-refractivity contribution in [3.63, 3.8) is 0 Å². The summed E-state index contributed by atoms with van der Waals surface area (Å²) in [5.74, 6) is -0.0722. The number of hydrogen-bond donors (Lipinski definition) is 2. The summed E-state index contributed by atoms with van der Waals surface area (Å²) in [4.78, 5) is 14.5. The van der Waals surface area contributed by atoms with Gasteiger partial charge in [-0.25, -0.2) is 0 Å². The van der Waals surface area contributed by atoms with Crippen LogP contribution in [-0.2, 0) is 4.79 Å². The van der Waals surface area contributed by atoms with Crippen LogP contribution in [-0.4, -0.2) is 18.0 Å². The Labute approximate surface area is 99.4 Å². The van der Waals surface area contributed by atoms with Crippen LogP contribution in [0.4, 0.5) is 0 Å². The Morgan fingerprint density at radius 2 is 2.00 bits per heavy atom. The van der Waals surface area contributed by atoms with Gasteiger partial charge in [-0.15, -0.1) is 0 Å². The van der Waals surface area contributed by atoms with E-state index in [9.17, 15) is 4.79 Å². The third-order valence-corrected chi connectivity index (χ3v) is 2.67. The number of amides is 1. The van der Waals surface area contributed by atoms with Gasteiger partial charge in [0.05, 0.1) is 7.11 Å². The molecule has 4 heteroatoms. The number of nitrogens with two attached hydrogens (primary N) is 1. The maximum absolute atomic E-state index is 11.5. The Morgan fingerprint density at radius 3 is 2.47 bits per heavy atom. The van der Waals surface area contributed by atoms with Crippen LogP contribution in [0.15, 0.2) is 42.6 Å². The number of aromatic amines is 1. The summed E-state index contributed by atoms with van der Waals surface area (Å²) >= 11 is 0. The van der Waals surface area contributed by atoms with Crippen LogP contribution in [0.25, 0.3) is 0 Å². The van der Waals surface area contributed by atoms with Crippen LogP contribution >= 0.6 is 0 Å². The van der Waals surface area contributed by atoms with E-state index in [4.69, 9.17) is 10.5 Å². The minimum absolute atomic E-state index is 0.377. The number of nitrogens with one attached hydrogen (secondary N) is 1. The molecule has 1 unspecified atom stereocenters. The van der Waals surface area contributed by atoms with E-state index in [1.165, 1.54) is 0 Å². The zero-order valence-electron chi connectivity index (χ0n) is 9.51. The van der Waals surface area contributed by atoms with Gasteiger partial charge in [0.1, 0.15) is 11.7 Å². The number of hydrogen-bond acceptors (Lipinski definition) is 2. The molecule has 3 N–H and O–H groups in total. The molecule has 4 nitrogen and oxygen atoms in total. The molecule has 0 aliphatic rings. The van der Waals surface area contributed by atoms with Crippen LogP contribution in [0.5, 0.6) is 5.75 Å². The van der Waals surface area contributed by atoms with Gasteiger partial charge in [-0.2, -0.15) is 0 Å². The van der Waals surface area contributed by atoms with Gasteiger partial charge >= 0.3 is 0 Å². The Kier molecular flexibility index (Phi) is 3.14. The Hall–Kier alpha value is -2.23. The van der Waals surface area contributed by atoms with Crippen LogP contribution in [0.2, 0.25) is 0 Å². The summed E-state index contributed by atoms with van der Waals surface area (Å²) in [6, 6.07) is 11.0. The summed E-state index contributed by atoms with van der Waals surface area (Å²) in [6.07, 6.45) is 1.77. The van der Waals surface area contributed by atoms with Gasteiger partial charge in [0.2, 0.25) is 5.91 Å². The van der Waals surface area contributed by atoms with E-state index in [-0.39, 0.29) is 5.91 Å². The molecule has 2 rings (SSSR count). The van der Waals surface area contributed by atoms with Crippen molar-refractivity contribution in [2.24, 2.45) is 5.73 Å². The summed E-state index contributed by atoms with van der Waals surface area (Å²) in [5, 5.41) is 0. The smallest absolute Gasteiger partial charge is 0.230 e. The first-order chi connectivity index (χ1) is 8.22. The van der Waals surface area contributed by atoms with Gasteiger partial charge in [0, 0.05) is 11.9 Å². The van der Waals surface area contributed by atoms with Crippen molar-refractivity contribution in [2.75, 3.05) is 7.11 Å². The first-order valence-electron chi connectivity index (χ1n) is 5.29. The van der Waals surface area contributed by atoms with Crippen molar-refractivity contribution < 1.29 is 9.53 Å². The van der Waals surface area contributed by atoms with Crippen molar-refractivity contribution >= 4 is 5.91 Å². The fourth-order valence-electron chi connectivity index (χ4n) is 1.82. The summed E-state index contributed by atoms with van der Waals surface area (Å²) in [7, 11) is 1.60. The number of primary amides is 1. The van der Waals surface area contributed by atoms with Gasteiger partial charge in [-0.3, -0.25) is 4.79 Å². The molecule has 0 saturated heterocycles. The minimum Gasteiger partial charge on any atom is -0.497 e. The third-order valence-electron chi connectivity index (χ3n) is 2.67. The average molecular weight is 230 g/mol. The highest BCUT2D eigenvalue weighted by atomic mass is 16.5. The molecule has 1 aromatic heterocycles. The van der Waals surface area contributed by atoms with Crippen molar-refractivity contribution in [1.29, 1.82) is 0 Å². The highest BCUT2D eigenvalue weighted by molar-refractivity contribution is 5.85. The summed E-state index contributed by atoms with van der Waals surface area (Å²) in [5.41, 5.74) is 7.08. The maximum Gasteiger partial charge on any atom is 0.230 e. The summed E-state index contributed by atoms with van der Waals surface area (Å²) in [6.45, 7) is 0. The number of aromatic nitrogens is 1. The molecule has 0 spiro atoms. The second-order valence-corrected chi connectivity index (χ2v) is 3.73. The highest BCUT2D eigenvalue weighted by Gasteiger charge is 2.20. The molecule has 0 aliphatic carbocycles. The lowest BCUT2D eigenvalue weighted by atomic mass is 9.95. The SMILES string of the molecule is COc1ccc(C(C(N)=O)c2ccc[nH]2)cc1. The van der Waals surface area contributed by atoms with E-state index < -0.39 is 5.92 Å². The first-order valence-corrected chi connectivity index (χ1v) is 5.29. The van der Waals surface area contributed by atoms with Gasteiger partial charge in [-0.1, -0.05) is 12.1 Å². The van der Waals surface area contributed by atoms with Gasteiger partial charge in [0.25, 0.3) is 0 Å². The van der Waals surface area contributed by atoms with E-state index in [2.05, 4.69) is 4.98 Å². The summed E-state index contributed by atoms with van der Waals surface area (Å²) < 4.78 is 5.08. The quantitative estimate of drug-likeness (QED) is 0.838. The van der Waals surface area contributed by atoms with Crippen molar-refractivity contribution in [1.82, 2.24) is 4.98 Å². The highest BCUT2D eigenvalue weighted by Crippen LogP contribution is 2.24. The molecule has 0 bridgehead atoms. The molecule has 17 heavy (non-hydrogen) atoms. The van der Waals surface area contributed by atoms with Crippen LogP contribution < -0.4 is 10.5 Å². The maximum atomic E-state index is 11.5. The number of benzene rings is 1. The molecule has 1 atom stereocenters. The molecule has 1 heterocycles. The van der Waals surface area contributed by atoms with Crippen molar-refractivity contribution in [2.45, 2.75) is 5.92 Å². The van der Waals surface area contributed by atoms with E-state index in [1.54, 1.807) is 13.3 Å². The molecule has 0 radical (unpaired) electrons. The van der Waals surface area contributed by atoms with Gasteiger partial charge in [0.15, 0.2) is 0 Å². The molecule has 0 fully saturated rings. The average Bonchev–Trinajstić information content (AvgIpc) is 2.83. The second kappa shape index (κ2) is 4.74. The Bertz CT molecular complexity index is 489. The Balaban J connectivity index is 2.36.